The Kier molecular flexibility index (Phi) is 5.22. The second kappa shape index (κ2) is 7.63. The summed E-state index contributed by atoms with van der Waals surface area (Å²) in [5.74, 6) is 0.566. The number of ether oxygens (including phenoxy) is 1. The van der Waals surface area contributed by atoms with Gasteiger partial charge < -0.3 is 14.5 Å². The van der Waals surface area contributed by atoms with E-state index in [0.29, 0.717) is 38.6 Å². The van der Waals surface area contributed by atoms with Crippen LogP contribution in [0.1, 0.15) is 36.8 Å². The van der Waals surface area contributed by atoms with E-state index in [1.807, 2.05) is 21.9 Å². The third kappa shape index (κ3) is 3.75. The maximum absolute atomic E-state index is 13.1. The number of hydrogen-bond donors (Lipinski definition) is 0. The molecule has 2 amide bonds. The lowest BCUT2D eigenvalue weighted by Crippen LogP contribution is -2.47. The van der Waals surface area contributed by atoms with Gasteiger partial charge in [0.25, 0.3) is 0 Å². The van der Waals surface area contributed by atoms with Crippen molar-refractivity contribution < 1.29 is 14.3 Å². The number of likely N-dealkylation sites (tertiary alicyclic amines) is 1. The van der Waals surface area contributed by atoms with E-state index in [9.17, 15) is 9.59 Å². The highest BCUT2D eigenvalue weighted by molar-refractivity contribution is 5.82. The molecule has 3 fully saturated rings. The maximum Gasteiger partial charge on any atom is 0.227 e. The predicted molar refractivity (Wildman–Crippen MR) is 103 cm³/mol. The van der Waals surface area contributed by atoms with Crippen molar-refractivity contribution in [2.45, 2.75) is 39.0 Å². The first-order valence-corrected chi connectivity index (χ1v) is 10.3. The van der Waals surface area contributed by atoms with Crippen LogP contribution in [-0.4, -0.2) is 61.0 Å². The molecule has 1 aromatic rings. The molecule has 2 saturated heterocycles. The molecule has 5 nitrogen and oxygen atoms in total. The van der Waals surface area contributed by atoms with Gasteiger partial charge in [0.2, 0.25) is 11.8 Å². The number of hydrogen-bond acceptors (Lipinski definition) is 3. The highest BCUT2D eigenvalue weighted by Gasteiger charge is 2.52. The summed E-state index contributed by atoms with van der Waals surface area (Å²) in [4.78, 5) is 29.9. The first-order chi connectivity index (χ1) is 13.1. The molecule has 1 spiro atoms. The predicted octanol–water partition coefficient (Wildman–Crippen LogP) is 2.42. The highest BCUT2D eigenvalue weighted by atomic mass is 16.5. The van der Waals surface area contributed by atoms with Gasteiger partial charge in [-0.1, -0.05) is 36.2 Å². The van der Waals surface area contributed by atoms with Crippen LogP contribution in [0.4, 0.5) is 0 Å². The first kappa shape index (κ1) is 18.5. The minimum atomic E-state index is -0.00166. The zero-order valence-corrected chi connectivity index (χ0v) is 16.3. The monoisotopic (exact) mass is 370 g/mol. The van der Waals surface area contributed by atoms with Gasteiger partial charge in [-0.3, -0.25) is 9.59 Å². The number of carbonyl (C=O) groups excluding carboxylic acids is 2. The molecule has 1 aliphatic carbocycles. The minimum Gasteiger partial charge on any atom is -0.378 e. The fraction of sp³-hybridized carbons (Fsp3) is 0.636. The molecule has 2 heterocycles. The molecule has 146 valence electrons. The third-order valence-electron chi connectivity index (χ3n) is 6.74. The molecule has 0 radical (unpaired) electrons. The second-order valence-corrected chi connectivity index (χ2v) is 8.47. The zero-order valence-electron chi connectivity index (χ0n) is 16.3. The summed E-state index contributed by atoms with van der Waals surface area (Å²) in [5.41, 5.74) is 2.28. The Morgan fingerprint density at radius 2 is 1.81 bits per heavy atom. The molecule has 27 heavy (non-hydrogen) atoms. The summed E-state index contributed by atoms with van der Waals surface area (Å²) in [7, 11) is 0. The van der Waals surface area contributed by atoms with Crippen LogP contribution in [0.5, 0.6) is 0 Å². The van der Waals surface area contributed by atoms with E-state index >= 15 is 0 Å². The molecular weight excluding hydrogens is 340 g/mol. The molecule has 0 bridgehead atoms. The number of benzene rings is 1. The number of morpholine rings is 1. The minimum absolute atomic E-state index is 0.00166. The number of carbonyl (C=O) groups is 2. The Hall–Kier alpha value is -1.88. The van der Waals surface area contributed by atoms with Gasteiger partial charge >= 0.3 is 0 Å². The van der Waals surface area contributed by atoms with Gasteiger partial charge in [0.1, 0.15) is 0 Å². The third-order valence-corrected chi connectivity index (χ3v) is 6.74. The Balaban J connectivity index is 1.41. The van der Waals surface area contributed by atoms with Crippen molar-refractivity contribution in [3.8, 4) is 0 Å². The average Bonchev–Trinajstić information content (AvgIpc) is 3.31. The summed E-state index contributed by atoms with van der Waals surface area (Å²) < 4.78 is 5.40. The Labute approximate surface area is 161 Å². The Morgan fingerprint density at radius 3 is 2.56 bits per heavy atom. The van der Waals surface area contributed by atoms with Crippen molar-refractivity contribution in [3.63, 3.8) is 0 Å². The molecule has 0 N–H and O–H groups in total. The summed E-state index contributed by atoms with van der Waals surface area (Å²) in [5, 5.41) is 0. The summed E-state index contributed by atoms with van der Waals surface area (Å²) >= 11 is 0. The lowest BCUT2D eigenvalue weighted by atomic mass is 9.76. The fourth-order valence-corrected chi connectivity index (χ4v) is 5.12. The smallest absolute Gasteiger partial charge is 0.227 e. The summed E-state index contributed by atoms with van der Waals surface area (Å²) in [6.07, 6.45) is 4.56. The van der Waals surface area contributed by atoms with Crippen molar-refractivity contribution in [1.29, 1.82) is 0 Å². The normalized spacial score (nSPS) is 28.1. The second-order valence-electron chi connectivity index (χ2n) is 8.47. The fourth-order valence-electron chi connectivity index (χ4n) is 5.12. The van der Waals surface area contributed by atoms with Gasteiger partial charge in [-0.15, -0.1) is 0 Å². The van der Waals surface area contributed by atoms with Crippen molar-refractivity contribution in [1.82, 2.24) is 9.80 Å². The largest absolute Gasteiger partial charge is 0.378 e. The average molecular weight is 370 g/mol. The van der Waals surface area contributed by atoms with Gasteiger partial charge in [0.15, 0.2) is 0 Å². The molecular formula is C22H30N2O3. The van der Waals surface area contributed by atoms with Crippen molar-refractivity contribution in [3.05, 3.63) is 35.4 Å². The maximum atomic E-state index is 13.1. The van der Waals surface area contributed by atoms with E-state index in [0.717, 1.165) is 44.3 Å². The highest BCUT2D eigenvalue weighted by Crippen LogP contribution is 2.50. The first-order valence-electron chi connectivity index (χ1n) is 10.3. The molecule has 1 aromatic carbocycles. The Bertz CT molecular complexity index is 696. The number of nitrogens with zero attached hydrogens (tertiary/aromatic N) is 2. The Morgan fingerprint density at radius 1 is 1.07 bits per heavy atom. The van der Waals surface area contributed by atoms with Crippen LogP contribution < -0.4 is 0 Å². The van der Waals surface area contributed by atoms with Crippen LogP contribution in [0.2, 0.25) is 0 Å². The van der Waals surface area contributed by atoms with E-state index < -0.39 is 0 Å². The van der Waals surface area contributed by atoms with E-state index in [1.54, 1.807) is 0 Å². The van der Waals surface area contributed by atoms with Crippen molar-refractivity contribution in [2.24, 2.45) is 11.3 Å². The molecule has 4 rings (SSSR count). The quantitative estimate of drug-likeness (QED) is 0.821. The number of aryl methyl sites for hydroxylation is 1. The summed E-state index contributed by atoms with van der Waals surface area (Å²) in [6.45, 7) is 6.31. The van der Waals surface area contributed by atoms with Gasteiger partial charge in [-0.2, -0.15) is 0 Å². The summed E-state index contributed by atoms with van der Waals surface area (Å²) in [6, 6.07) is 8.20. The van der Waals surface area contributed by atoms with Gasteiger partial charge in [-0.05, 0) is 31.7 Å². The molecule has 2 atom stereocenters. The van der Waals surface area contributed by atoms with E-state index in [4.69, 9.17) is 4.74 Å². The number of amides is 2. The van der Waals surface area contributed by atoms with Crippen LogP contribution in [0.15, 0.2) is 24.3 Å². The van der Waals surface area contributed by atoms with Crippen LogP contribution in [0.3, 0.4) is 0 Å². The molecule has 2 aliphatic heterocycles. The molecule has 0 unspecified atom stereocenters. The SMILES string of the molecule is Cc1ccc(CC(=O)N2CC[C@]3(CCC[C@@H]3C(=O)N3CCOCC3)C2)cc1. The van der Waals surface area contributed by atoms with Crippen molar-refractivity contribution >= 4 is 11.8 Å². The molecule has 5 heteroatoms. The van der Waals surface area contributed by atoms with Crippen LogP contribution >= 0.6 is 0 Å². The van der Waals surface area contributed by atoms with E-state index in [2.05, 4.69) is 19.1 Å². The lowest BCUT2D eigenvalue weighted by molar-refractivity contribution is -0.143. The van der Waals surface area contributed by atoms with Gasteiger partial charge in [0.05, 0.1) is 19.6 Å². The standard InChI is InChI=1S/C22H30N2O3/c1-17-4-6-18(7-5-17)15-20(25)24-10-9-22(16-24)8-2-3-19(22)21(26)23-11-13-27-14-12-23/h4-7,19H,2-3,8-16H2,1H3/t19-,22-/m1/s1. The molecule has 1 saturated carbocycles. The lowest BCUT2D eigenvalue weighted by Gasteiger charge is -2.36. The molecule has 0 aromatic heterocycles. The van der Waals surface area contributed by atoms with E-state index in [1.165, 1.54) is 5.56 Å². The number of rotatable bonds is 3. The van der Waals surface area contributed by atoms with Crippen molar-refractivity contribution in [2.75, 3.05) is 39.4 Å². The zero-order chi connectivity index (χ0) is 18.9. The van der Waals surface area contributed by atoms with Gasteiger partial charge in [-0.25, -0.2) is 0 Å². The topological polar surface area (TPSA) is 49.9 Å². The van der Waals surface area contributed by atoms with Crippen LogP contribution in [0.25, 0.3) is 0 Å². The van der Waals surface area contributed by atoms with E-state index in [-0.39, 0.29) is 17.2 Å². The van der Waals surface area contributed by atoms with Crippen LogP contribution in [-0.2, 0) is 20.7 Å². The van der Waals surface area contributed by atoms with Gasteiger partial charge in [0, 0.05) is 37.5 Å². The van der Waals surface area contributed by atoms with Crippen LogP contribution in [0, 0.1) is 18.3 Å². The molecule has 3 aliphatic rings.